The largest absolute Gasteiger partial charge is 0.496 e. The van der Waals surface area contributed by atoms with Gasteiger partial charge in [0.05, 0.1) is 7.11 Å². The number of ether oxygens (including phenoxy) is 1. The second kappa shape index (κ2) is 7.11. The summed E-state index contributed by atoms with van der Waals surface area (Å²) in [7, 11) is 5.19. The highest BCUT2D eigenvalue weighted by atomic mass is 16.5. The van der Waals surface area contributed by atoms with Gasteiger partial charge in [-0.15, -0.1) is 0 Å². The van der Waals surface area contributed by atoms with E-state index in [1.54, 1.807) is 26.2 Å². The van der Waals surface area contributed by atoms with Crippen LogP contribution in [0.1, 0.15) is 30.5 Å². The lowest BCUT2D eigenvalue weighted by molar-refractivity contribution is -0.125. The number of methoxy groups -OCH3 is 1. The summed E-state index contributed by atoms with van der Waals surface area (Å²) in [6.07, 6.45) is 1.13. The van der Waals surface area contributed by atoms with Crippen molar-refractivity contribution in [1.82, 2.24) is 10.4 Å². The van der Waals surface area contributed by atoms with Crippen molar-refractivity contribution in [3.05, 3.63) is 29.3 Å². The van der Waals surface area contributed by atoms with Gasteiger partial charge in [0.15, 0.2) is 0 Å². The van der Waals surface area contributed by atoms with Gasteiger partial charge in [-0.1, -0.05) is 19.1 Å². The van der Waals surface area contributed by atoms with E-state index in [2.05, 4.69) is 12.3 Å². The van der Waals surface area contributed by atoms with E-state index in [4.69, 9.17) is 10.5 Å². The minimum atomic E-state index is -0.309. The molecule has 0 fully saturated rings. The van der Waals surface area contributed by atoms with Gasteiger partial charge in [0, 0.05) is 26.6 Å². The molecule has 0 radical (unpaired) electrons. The number of carbonyl (C=O) groups excluding carboxylic acids is 1. The number of nitrogens with two attached hydrogens (primary N) is 1. The van der Waals surface area contributed by atoms with Crippen molar-refractivity contribution in [3.63, 3.8) is 0 Å². The fourth-order valence-corrected chi connectivity index (χ4v) is 1.92. The number of hydrogen-bond acceptors (Lipinski definition) is 4. The van der Waals surface area contributed by atoms with E-state index in [-0.39, 0.29) is 18.4 Å². The molecule has 1 unspecified atom stereocenters. The van der Waals surface area contributed by atoms with E-state index >= 15 is 0 Å². The van der Waals surface area contributed by atoms with Crippen LogP contribution in [0.4, 0.5) is 0 Å². The van der Waals surface area contributed by atoms with Gasteiger partial charge in [-0.3, -0.25) is 10.2 Å². The van der Waals surface area contributed by atoms with Crippen molar-refractivity contribution in [1.29, 1.82) is 0 Å². The smallest absolute Gasteiger partial charge is 0.236 e. The van der Waals surface area contributed by atoms with Gasteiger partial charge < -0.3 is 10.5 Å². The van der Waals surface area contributed by atoms with Crippen LogP contribution < -0.4 is 15.9 Å². The van der Waals surface area contributed by atoms with Crippen molar-refractivity contribution in [2.45, 2.75) is 25.8 Å². The van der Waals surface area contributed by atoms with Crippen molar-refractivity contribution >= 4 is 5.91 Å². The van der Waals surface area contributed by atoms with E-state index in [1.807, 2.05) is 18.2 Å². The zero-order valence-corrected chi connectivity index (χ0v) is 12.1. The molecule has 1 aromatic rings. The number of nitrogens with zero attached hydrogens (tertiary/aromatic N) is 1. The predicted molar refractivity (Wildman–Crippen MR) is 75.7 cm³/mol. The standard InChI is InChI=1S/C14H23N3O2/c1-5-10-8-11(6-7-13(10)19-4)12(15)9-14(18)16-17(2)3/h6-8,12H,5,9,15H2,1-4H3,(H,16,18). The number of hydrogen-bond donors (Lipinski definition) is 2. The number of amides is 1. The first-order chi connectivity index (χ1) is 8.97. The molecule has 0 aromatic heterocycles. The SMILES string of the molecule is CCc1cc(C(N)CC(=O)NN(C)C)ccc1OC. The molecule has 1 aromatic carbocycles. The monoisotopic (exact) mass is 265 g/mol. The average Bonchev–Trinajstić information content (AvgIpc) is 2.36. The lowest BCUT2D eigenvalue weighted by atomic mass is 10.00. The van der Waals surface area contributed by atoms with E-state index in [9.17, 15) is 4.79 Å². The number of hydrazine groups is 1. The number of nitrogens with one attached hydrogen (secondary N) is 1. The van der Waals surface area contributed by atoms with E-state index in [0.717, 1.165) is 23.3 Å². The van der Waals surface area contributed by atoms with Crippen LogP contribution in [0.3, 0.4) is 0 Å². The second-order valence-electron chi connectivity index (χ2n) is 4.66. The summed E-state index contributed by atoms with van der Waals surface area (Å²) >= 11 is 0. The molecular formula is C14H23N3O2. The first-order valence-corrected chi connectivity index (χ1v) is 6.37. The maximum Gasteiger partial charge on any atom is 0.236 e. The van der Waals surface area contributed by atoms with Crippen molar-refractivity contribution in [2.75, 3.05) is 21.2 Å². The Bertz CT molecular complexity index is 433. The zero-order valence-electron chi connectivity index (χ0n) is 12.1. The molecule has 5 nitrogen and oxygen atoms in total. The van der Waals surface area contributed by atoms with Gasteiger partial charge in [0.25, 0.3) is 0 Å². The van der Waals surface area contributed by atoms with Crippen LogP contribution in [-0.4, -0.2) is 32.1 Å². The fraction of sp³-hybridized carbons (Fsp3) is 0.500. The molecule has 1 rings (SSSR count). The number of rotatable bonds is 6. The van der Waals surface area contributed by atoms with Crippen LogP contribution >= 0.6 is 0 Å². The molecule has 0 spiro atoms. The summed E-state index contributed by atoms with van der Waals surface area (Å²) in [5.74, 6) is 0.766. The van der Waals surface area contributed by atoms with Gasteiger partial charge in [0.2, 0.25) is 5.91 Å². The Hall–Kier alpha value is -1.59. The van der Waals surface area contributed by atoms with Gasteiger partial charge in [-0.25, -0.2) is 5.01 Å². The minimum Gasteiger partial charge on any atom is -0.496 e. The highest BCUT2D eigenvalue weighted by Gasteiger charge is 2.13. The summed E-state index contributed by atoms with van der Waals surface area (Å²) in [5.41, 5.74) is 10.8. The Morgan fingerprint density at radius 1 is 1.47 bits per heavy atom. The van der Waals surface area contributed by atoms with Crippen LogP contribution in [0, 0.1) is 0 Å². The lowest BCUT2D eigenvalue weighted by Gasteiger charge is -2.17. The fourth-order valence-electron chi connectivity index (χ4n) is 1.92. The summed E-state index contributed by atoms with van der Waals surface area (Å²) in [6.45, 7) is 2.06. The third-order valence-corrected chi connectivity index (χ3v) is 2.87. The molecule has 0 aliphatic rings. The molecule has 5 heteroatoms. The lowest BCUT2D eigenvalue weighted by Crippen LogP contribution is -2.37. The third kappa shape index (κ3) is 4.54. The Kier molecular flexibility index (Phi) is 5.79. The molecule has 0 aliphatic carbocycles. The van der Waals surface area contributed by atoms with Crippen molar-refractivity contribution < 1.29 is 9.53 Å². The molecule has 0 bridgehead atoms. The molecule has 0 heterocycles. The number of aryl methyl sites for hydroxylation is 1. The van der Waals surface area contributed by atoms with E-state index in [1.165, 1.54) is 0 Å². The average molecular weight is 265 g/mol. The van der Waals surface area contributed by atoms with Crippen molar-refractivity contribution in [2.24, 2.45) is 5.73 Å². The topological polar surface area (TPSA) is 67.6 Å². The Labute approximate surface area is 114 Å². The minimum absolute atomic E-state index is 0.0913. The Balaban J connectivity index is 2.77. The first kappa shape index (κ1) is 15.5. The molecule has 0 saturated carbocycles. The first-order valence-electron chi connectivity index (χ1n) is 6.37. The van der Waals surface area contributed by atoms with Crippen molar-refractivity contribution in [3.8, 4) is 5.75 Å². The van der Waals surface area contributed by atoms with Crippen LogP contribution in [0.25, 0.3) is 0 Å². The predicted octanol–water partition coefficient (Wildman–Crippen LogP) is 1.24. The summed E-state index contributed by atoms with van der Waals surface area (Å²) < 4.78 is 5.28. The van der Waals surface area contributed by atoms with Gasteiger partial charge >= 0.3 is 0 Å². The maximum atomic E-state index is 11.7. The summed E-state index contributed by atoms with van der Waals surface area (Å²) in [4.78, 5) is 11.7. The number of benzene rings is 1. The van der Waals surface area contributed by atoms with Gasteiger partial charge in [-0.2, -0.15) is 0 Å². The Morgan fingerprint density at radius 2 is 2.16 bits per heavy atom. The second-order valence-corrected chi connectivity index (χ2v) is 4.66. The molecule has 3 N–H and O–H groups in total. The molecule has 0 aliphatic heterocycles. The molecular weight excluding hydrogens is 242 g/mol. The highest BCUT2D eigenvalue weighted by molar-refractivity contribution is 5.76. The van der Waals surface area contributed by atoms with Gasteiger partial charge in [0.1, 0.15) is 5.75 Å². The zero-order chi connectivity index (χ0) is 14.4. The number of carbonyl (C=O) groups is 1. The maximum absolute atomic E-state index is 11.7. The van der Waals surface area contributed by atoms with Crippen LogP contribution in [0.15, 0.2) is 18.2 Å². The Morgan fingerprint density at radius 3 is 2.68 bits per heavy atom. The van der Waals surface area contributed by atoms with Crippen LogP contribution in [0.2, 0.25) is 0 Å². The van der Waals surface area contributed by atoms with Crippen LogP contribution in [0.5, 0.6) is 5.75 Å². The van der Waals surface area contributed by atoms with E-state index in [0.29, 0.717) is 0 Å². The van der Waals surface area contributed by atoms with Crippen LogP contribution in [-0.2, 0) is 11.2 Å². The molecule has 106 valence electrons. The van der Waals surface area contributed by atoms with Gasteiger partial charge in [-0.05, 0) is 23.6 Å². The molecule has 1 amide bonds. The summed E-state index contributed by atoms with van der Waals surface area (Å²) in [6, 6.07) is 5.51. The molecule has 0 saturated heterocycles. The normalized spacial score (nSPS) is 12.3. The van der Waals surface area contributed by atoms with E-state index < -0.39 is 0 Å². The molecule has 1 atom stereocenters. The molecule has 19 heavy (non-hydrogen) atoms. The highest BCUT2D eigenvalue weighted by Crippen LogP contribution is 2.24. The third-order valence-electron chi connectivity index (χ3n) is 2.87. The summed E-state index contributed by atoms with van der Waals surface area (Å²) in [5, 5.41) is 1.61. The quantitative estimate of drug-likeness (QED) is 0.759.